The van der Waals surface area contributed by atoms with Gasteiger partial charge in [-0.25, -0.2) is 4.79 Å². The van der Waals surface area contributed by atoms with Crippen molar-refractivity contribution in [3.63, 3.8) is 0 Å². The van der Waals surface area contributed by atoms with E-state index in [1.54, 1.807) is 12.1 Å². The van der Waals surface area contributed by atoms with Crippen molar-refractivity contribution in [3.05, 3.63) is 35.4 Å². The SMILES string of the molecule is CCC1CCCO1.N#Cc1cccc(C(=O)O)c1. The third kappa shape index (κ3) is 4.56. The van der Waals surface area contributed by atoms with Crippen molar-refractivity contribution in [2.75, 3.05) is 6.61 Å². The first-order valence-corrected chi connectivity index (χ1v) is 6.02. The van der Waals surface area contributed by atoms with Crippen LogP contribution < -0.4 is 0 Å². The average Bonchev–Trinajstić information content (AvgIpc) is 2.92. The number of rotatable bonds is 2. The lowest BCUT2D eigenvalue weighted by Crippen LogP contribution is -2.00. The lowest BCUT2D eigenvalue weighted by molar-refractivity contribution is 0.0697. The molecule has 0 aromatic heterocycles. The van der Waals surface area contributed by atoms with Crippen LogP contribution in [-0.2, 0) is 4.74 Å². The maximum absolute atomic E-state index is 10.4. The summed E-state index contributed by atoms with van der Waals surface area (Å²) in [7, 11) is 0. The van der Waals surface area contributed by atoms with E-state index in [1.165, 1.54) is 31.4 Å². The molecule has 1 unspecified atom stereocenters. The fraction of sp³-hybridized carbons (Fsp3) is 0.429. The number of nitriles is 1. The standard InChI is InChI=1S/C8H5NO2.C6H12O/c9-5-6-2-1-3-7(4-6)8(10)11;1-2-6-4-3-5-7-6/h1-4H,(H,10,11);6H,2-5H2,1H3. The number of carbonyl (C=O) groups is 1. The predicted molar refractivity (Wildman–Crippen MR) is 67.4 cm³/mol. The second-order valence-corrected chi connectivity index (χ2v) is 4.04. The van der Waals surface area contributed by atoms with Gasteiger partial charge in [-0.3, -0.25) is 0 Å². The Hall–Kier alpha value is -1.86. The molecule has 96 valence electrons. The van der Waals surface area contributed by atoms with Crippen molar-refractivity contribution in [2.45, 2.75) is 32.3 Å². The Balaban J connectivity index is 0.000000199. The third-order valence-electron chi connectivity index (χ3n) is 2.72. The van der Waals surface area contributed by atoms with Gasteiger partial charge in [0.2, 0.25) is 0 Å². The maximum Gasteiger partial charge on any atom is 0.335 e. The van der Waals surface area contributed by atoms with Crippen molar-refractivity contribution in [2.24, 2.45) is 0 Å². The molecule has 1 saturated heterocycles. The van der Waals surface area contributed by atoms with E-state index in [2.05, 4.69) is 6.92 Å². The summed E-state index contributed by atoms with van der Waals surface area (Å²) in [5, 5.41) is 16.9. The van der Waals surface area contributed by atoms with E-state index in [0.717, 1.165) is 6.61 Å². The molecule has 0 bridgehead atoms. The van der Waals surface area contributed by atoms with E-state index in [1.807, 2.05) is 6.07 Å². The fourth-order valence-corrected chi connectivity index (χ4v) is 1.69. The zero-order valence-corrected chi connectivity index (χ0v) is 10.4. The van der Waals surface area contributed by atoms with Crippen molar-refractivity contribution in [3.8, 4) is 6.07 Å². The Kier molecular flexibility index (Phi) is 5.89. The Labute approximate surface area is 107 Å². The van der Waals surface area contributed by atoms with Gasteiger partial charge in [-0.15, -0.1) is 0 Å². The predicted octanol–water partition coefficient (Wildman–Crippen LogP) is 2.83. The van der Waals surface area contributed by atoms with Crippen molar-refractivity contribution >= 4 is 5.97 Å². The van der Waals surface area contributed by atoms with Gasteiger partial charge >= 0.3 is 5.97 Å². The molecule has 0 spiro atoms. The number of hydrogen-bond donors (Lipinski definition) is 1. The molecule has 1 aliphatic rings. The van der Waals surface area contributed by atoms with Crippen LogP contribution in [0.5, 0.6) is 0 Å². The lowest BCUT2D eigenvalue weighted by Gasteiger charge is -2.01. The first-order valence-electron chi connectivity index (χ1n) is 6.02. The van der Waals surface area contributed by atoms with Crippen LogP contribution in [0.1, 0.15) is 42.1 Å². The number of nitrogens with zero attached hydrogens (tertiary/aromatic N) is 1. The number of ether oxygens (including phenoxy) is 1. The minimum Gasteiger partial charge on any atom is -0.478 e. The molecule has 1 aromatic rings. The van der Waals surface area contributed by atoms with Gasteiger partial charge in [0.05, 0.1) is 23.3 Å². The number of carboxylic acid groups (broad SMARTS) is 1. The van der Waals surface area contributed by atoms with Gasteiger partial charge in [0.1, 0.15) is 0 Å². The summed E-state index contributed by atoms with van der Waals surface area (Å²) in [6.07, 6.45) is 4.36. The number of hydrogen-bond acceptors (Lipinski definition) is 3. The summed E-state index contributed by atoms with van der Waals surface area (Å²) >= 11 is 0. The van der Waals surface area contributed by atoms with Crippen LogP contribution in [0.15, 0.2) is 24.3 Å². The molecule has 1 aromatic carbocycles. The Bertz CT molecular complexity index is 431. The fourth-order valence-electron chi connectivity index (χ4n) is 1.69. The molecule has 2 rings (SSSR count). The molecule has 1 heterocycles. The topological polar surface area (TPSA) is 70.3 Å². The second kappa shape index (κ2) is 7.46. The highest BCUT2D eigenvalue weighted by atomic mass is 16.5. The molecular formula is C14H17NO3. The van der Waals surface area contributed by atoms with Crippen LogP contribution in [0.4, 0.5) is 0 Å². The van der Waals surface area contributed by atoms with Gasteiger partial charge in [-0.1, -0.05) is 13.0 Å². The molecular weight excluding hydrogens is 230 g/mol. The molecule has 0 radical (unpaired) electrons. The highest BCUT2D eigenvalue weighted by Gasteiger charge is 2.11. The molecule has 4 heteroatoms. The van der Waals surface area contributed by atoms with Crippen LogP contribution in [0.25, 0.3) is 0 Å². The largest absolute Gasteiger partial charge is 0.478 e. The maximum atomic E-state index is 10.4. The summed E-state index contributed by atoms with van der Waals surface area (Å²) in [6, 6.07) is 7.75. The van der Waals surface area contributed by atoms with Gasteiger partial charge < -0.3 is 9.84 Å². The number of aromatic carboxylic acids is 1. The van der Waals surface area contributed by atoms with Gasteiger partial charge in [-0.2, -0.15) is 5.26 Å². The smallest absolute Gasteiger partial charge is 0.335 e. The number of carboxylic acids is 1. The monoisotopic (exact) mass is 247 g/mol. The minimum atomic E-state index is -1.01. The highest BCUT2D eigenvalue weighted by Crippen LogP contribution is 2.13. The summed E-state index contributed by atoms with van der Waals surface area (Å²) in [4.78, 5) is 10.4. The molecule has 1 N–H and O–H groups in total. The molecule has 4 nitrogen and oxygen atoms in total. The molecule has 0 aliphatic carbocycles. The molecule has 0 saturated carbocycles. The first kappa shape index (κ1) is 14.2. The normalized spacial score (nSPS) is 17.4. The summed E-state index contributed by atoms with van der Waals surface area (Å²) in [5.74, 6) is -1.01. The van der Waals surface area contributed by atoms with Gasteiger partial charge in [-0.05, 0) is 37.5 Å². The first-order chi connectivity index (χ1) is 8.67. The second-order valence-electron chi connectivity index (χ2n) is 4.04. The zero-order chi connectivity index (χ0) is 13.4. The van der Waals surface area contributed by atoms with E-state index in [9.17, 15) is 4.79 Å². The molecule has 0 amide bonds. The van der Waals surface area contributed by atoms with Crippen molar-refractivity contribution in [1.82, 2.24) is 0 Å². The third-order valence-corrected chi connectivity index (χ3v) is 2.72. The van der Waals surface area contributed by atoms with Crippen LogP contribution in [0, 0.1) is 11.3 Å². The Morgan fingerprint density at radius 1 is 1.61 bits per heavy atom. The van der Waals surface area contributed by atoms with E-state index in [0.29, 0.717) is 11.7 Å². The summed E-state index contributed by atoms with van der Waals surface area (Å²) in [5.41, 5.74) is 0.508. The lowest BCUT2D eigenvalue weighted by atomic mass is 10.1. The average molecular weight is 247 g/mol. The minimum absolute atomic E-state index is 0.143. The van der Waals surface area contributed by atoms with E-state index in [4.69, 9.17) is 15.1 Å². The Morgan fingerprint density at radius 2 is 2.39 bits per heavy atom. The van der Waals surface area contributed by atoms with E-state index in [-0.39, 0.29) is 5.56 Å². The van der Waals surface area contributed by atoms with Crippen molar-refractivity contribution in [1.29, 1.82) is 5.26 Å². The summed E-state index contributed by atoms with van der Waals surface area (Å²) in [6.45, 7) is 3.18. The highest BCUT2D eigenvalue weighted by molar-refractivity contribution is 5.87. The van der Waals surface area contributed by atoms with E-state index >= 15 is 0 Å². The van der Waals surface area contributed by atoms with Gasteiger partial charge in [0.25, 0.3) is 0 Å². The van der Waals surface area contributed by atoms with Crippen LogP contribution in [-0.4, -0.2) is 23.8 Å². The van der Waals surface area contributed by atoms with Gasteiger partial charge in [0, 0.05) is 6.61 Å². The van der Waals surface area contributed by atoms with E-state index < -0.39 is 5.97 Å². The van der Waals surface area contributed by atoms with Crippen LogP contribution >= 0.6 is 0 Å². The van der Waals surface area contributed by atoms with Gasteiger partial charge in [0.15, 0.2) is 0 Å². The summed E-state index contributed by atoms with van der Waals surface area (Å²) < 4.78 is 5.30. The zero-order valence-electron chi connectivity index (χ0n) is 10.4. The molecule has 1 atom stereocenters. The van der Waals surface area contributed by atoms with Crippen molar-refractivity contribution < 1.29 is 14.6 Å². The quantitative estimate of drug-likeness (QED) is 0.872. The van der Waals surface area contributed by atoms with Crippen LogP contribution in [0.3, 0.4) is 0 Å². The Morgan fingerprint density at radius 3 is 2.83 bits per heavy atom. The molecule has 18 heavy (non-hydrogen) atoms. The molecule has 1 aliphatic heterocycles. The molecule has 1 fully saturated rings. The van der Waals surface area contributed by atoms with Crippen LogP contribution in [0.2, 0.25) is 0 Å². The number of benzene rings is 1.